The van der Waals surface area contributed by atoms with Crippen LogP contribution < -0.4 is 21.7 Å². The third-order valence-corrected chi connectivity index (χ3v) is 5.30. The Kier molecular flexibility index (Phi) is 12.6. The largest absolute Gasteiger partial charge is 0.481 e. The predicted octanol–water partition coefficient (Wildman–Crippen LogP) is -2.57. The van der Waals surface area contributed by atoms with Gasteiger partial charge in [-0.05, 0) is 24.9 Å². The molecule has 0 bridgehead atoms. The predicted molar refractivity (Wildman–Crippen MR) is 121 cm³/mol. The maximum atomic E-state index is 12.9. The van der Waals surface area contributed by atoms with E-state index in [-0.39, 0.29) is 6.42 Å². The number of hydrogen-bond acceptors (Lipinski definition) is 9. The van der Waals surface area contributed by atoms with Crippen LogP contribution in [0.5, 0.6) is 0 Å². The number of nitrogens with one attached hydrogen (secondary N) is 4. The summed E-state index contributed by atoms with van der Waals surface area (Å²) < 4.78 is 0. The Morgan fingerprint density at radius 1 is 1.03 bits per heavy atom. The third-order valence-electron chi connectivity index (χ3n) is 4.66. The molecule has 4 atom stereocenters. The third kappa shape index (κ3) is 10.2. The van der Waals surface area contributed by atoms with Crippen molar-refractivity contribution < 1.29 is 39.3 Å². The number of carboxylic acid groups (broad SMARTS) is 2. The van der Waals surface area contributed by atoms with E-state index in [1.54, 1.807) is 0 Å². The fourth-order valence-electron chi connectivity index (χ4n) is 2.74. The fraction of sp³-hybridized carbons (Fsp3) is 0.579. The molecule has 1 aromatic rings. The number of aliphatic carboxylic acids is 2. The molecule has 0 spiro atoms. The Labute approximate surface area is 199 Å². The highest BCUT2D eigenvalue weighted by Crippen LogP contribution is 2.04. The van der Waals surface area contributed by atoms with E-state index in [4.69, 9.17) is 10.8 Å². The zero-order chi connectivity index (χ0) is 25.7. The number of amides is 3. The molecule has 34 heavy (non-hydrogen) atoms. The quantitative estimate of drug-likeness (QED) is 0.117. The number of aliphatic hydroxyl groups excluding tert-OH is 1. The monoisotopic (exact) mass is 502 g/mol. The molecule has 4 unspecified atom stereocenters. The lowest BCUT2D eigenvalue weighted by atomic mass is 10.1. The molecule has 0 saturated heterocycles. The van der Waals surface area contributed by atoms with Gasteiger partial charge in [0.15, 0.2) is 0 Å². The highest BCUT2D eigenvalue weighted by atomic mass is 32.2. The first kappa shape index (κ1) is 28.9. The van der Waals surface area contributed by atoms with E-state index in [0.717, 1.165) is 0 Å². The van der Waals surface area contributed by atoms with Crippen molar-refractivity contribution in [1.29, 1.82) is 0 Å². The number of carbonyl (C=O) groups excluding carboxylic acids is 3. The van der Waals surface area contributed by atoms with Crippen molar-refractivity contribution in [3.63, 3.8) is 0 Å². The molecule has 14 nitrogen and oxygen atoms in total. The minimum Gasteiger partial charge on any atom is -0.481 e. The van der Waals surface area contributed by atoms with Gasteiger partial charge in [0.1, 0.15) is 18.1 Å². The van der Waals surface area contributed by atoms with Gasteiger partial charge in [-0.25, -0.2) is 9.78 Å². The summed E-state index contributed by atoms with van der Waals surface area (Å²) in [6.07, 6.45) is 4.12. The van der Waals surface area contributed by atoms with Crippen LogP contribution in [0.4, 0.5) is 0 Å². The van der Waals surface area contributed by atoms with Crippen LogP contribution in [-0.4, -0.2) is 97.7 Å². The highest BCUT2D eigenvalue weighted by molar-refractivity contribution is 7.98. The molecule has 9 N–H and O–H groups in total. The van der Waals surface area contributed by atoms with E-state index in [0.29, 0.717) is 17.9 Å². The minimum absolute atomic E-state index is 0.0248. The smallest absolute Gasteiger partial charge is 0.326 e. The SMILES string of the molecule is CSCCC(N)C(=O)NC(Cc1cnc[nH]1)C(=O)NC(CO)C(=O)NC(CCC(=O)O)C(=O)O. The Balaban J connectivity index is 2.89. The van der Waals surface area contributed by atoms with Gasteiger partial charge >= 0.3 is 11.9 Å². The maximum Gasteiger partial charge on any atom is 0.326 e. The van der Waals surface area contributed by atoms with Gasteiger partial charge in [-0.3, -0.25) is 19.2 Å². The van der Waals surface area contributed by atoms with Crippen molar-refractivity contribution in [2.75, 3.05) is 18.6 Å². The minimum atomic E-state index is -1.55. The normalized spacial score (nSPS) is 14.3. The number of aromatic nitrogens is 2. The average molecular weight is 503 g/mol. The second kappa shape index (κ2) is 14.9. The molecule has 0 aliphatic carbocycles. The summed E-state index contributed by atoms with van der Waals surface area (Å²) in [7, 11) is 0. The van der Waals surface area contributed by atoms with Gasteiger partial charge in [0.25, 0.3) is 0 Å². The molecule has 190 valence electrons. The van der Waals surface area contributed by atoms with Crippen molar-refractivity contribution in [1.82, 2.24) is 25.9 Å². The van der Waals surface area contributed by atoms with Crippen molar-refractivity contribution >= 4 is 41.4 Å². The summed E-state index contributed by atoms with van der Waals surface area (Å²) in [4.78, 5) is 66.4. The van der Waals surface area contributed by atoms with Gasteiger partial charge in [-0.1, -0.05) is 0 Å². The van der Waals surface area contributed by atoms with Gasteiger partial charge in [0.2, 0.25) is 17.7 Å². The first-order valence-corrected chi connectivity index (χ1v) is 11.7. The van der Waals surface area contributed by atoms with E-state index < -0.39 is 73.3 Å². The zero-order valence-corrected chi connectivity index (χ0v) is 19.3. The van der Waals surface area contributed by atoms with Gasteiger partial charge in [0.05, 0.1) is 19.0 Å². The number of rotatable bonds is 16. The second-order valence-corrected chi connectivity index (χ2v) is 8.29. The van der Waals surface area contributed by atoms with Crippen LogP contribution in [-0.2, 0) is 30.4 Å². The number of aliphatic hydroxyl groups is 1. The lowest BCUT2D eigenvalue weighted by molar-refractivity contribution is -0.143. The lowest BCUT2D eigenvalue weighted by Gasteiger charge is -2.24. The number of carbonyl (C=O) groups is 5. The summed E-state index contributed by atoms with van der Waals surface area (Å²) in [6, 6.07) is -5.14. The van der Waals surface area contributed by atoms with E-state index in [2.05, 4.69) is 25.9 Å². The number of imidazole rings is 1. The van der Waals surface area contributed by atoms with Crippen LogP contribution in [0.15, 0.2) is 12.5 Å². The number of carboxylic acids is 2. The molecule has 1 rings (SSSR count). The molecular formula is C19H30N6O8S. The number of H-pyrrole nitrogens is 1. The Hall–Kier alpha value is -3.17. The standard InChI is InChI=1S/C19H30N6O8S/c1-34-5-4-11(20)16(29)24-13(6-10-7-21-9-22-10)17(30)25-14(8-26)18(31)23-12(19(32)33)2-3-15(27)28/h7,9,11-14,26H,2-6,8,20H2,1H3,(H,21,22)(H,23,31)(H,24,29)(H,25,30)(H,27,28)(H,32,33). The molecule has 1 aromatic heterocycles. The van der Waals surface area contributed by atoms with E-state index in [1.807, 2.05) is 6.26 Å². The number of hydrogen-bond donors (Lipinski definition) is 8. The van der Waals surface area contributed by atoms with Crippen molar-refractivity contribution in [2.24, 2.45) is 5.73 Å². The molecule has 0 fully saturated rings. The summed E-state index contributed by atoms with van der Waals surface area (Å²) in [6.45, 7) is -0.874. The highest BCUT2D eigenvalue weighted by Gasteiger charge is 2.30. The molecular weight excluding hydrogens is 472 g/mol. The Morgan fingerprint density at radius 3 is 2.18 bits per heavy atom. The molecule has 15 heteroatoms. The van der Waals surface area contributed by atoms with Crippen molar-refractivity contribution in [2.45, 2.75) is 49.9 Å². The number of nitrogens with two attached hydrogens (primary N) is 1. The molecule has 0 aliphatic rings. The summed E-state index contributed by atoms with van der Waals surface area (Å²) >= 11 is 1.50. The van der Waals surface area contributed by atoms with Gasteiger partial charge in [0, 0.05) is 24.7 Å². The van der Waals surface area contributed by atoms with Crippen molar-refractivity contribution in [3.05, 3.63) is 18.2 Å². The van der Waals surface area contributed by atoms with E-state index >= 15 is 0 Å². The zero-order valence-electron chi connectivity index (χ0n) is 18.5. The van der Waals surface area contributed by atoms with Crippen LogP contribution >= 0.6 is 11.8 Å². The van der Waals surface area contributed by atoms with Crippen LogP contribution in [0.25, 0.3) is 0 Å². The number of aromatic amines is 1. The molecule has 3 amide bonds. The number of nitrogens with zero attached hydrogens (tertiary/aromatic N) is 1. The topological polar surface area (TPSA) is 237 Å². The van der Waals surface area contributed by atoms with Crippen LogP contribution in [0, 0.1) is 0 Å². The first-order chi connectivity index (χ1) is 16.1. The van der Waals surface area contributed by atoms with Gasteiger partial charge < -0.3 is 42.0 Å². The van der Waals surface area contributed by atoms with E-state index in [9.17, 15) is 34.2 Å². The summed E-state index contributed by atoms with van der Waals surface area (Å²) in [5, 5.41) is 34.4. The van der Waals surface area contributed by atoms with Gasteiger partial charge in [-0.2, -0.15) is 11.8 Å². The first-order valence-electron chi connectivity index (χ1n) is 10.3. The lowest BCUT2D eigenvalue weighted by Crippen LogP contribution is -2.58. The summed E-state index contributed by atoms with van der Waals surface area (Å²) in [5.74, 6) is -4.53. The Bertz CT molecular complexity index is 837. The fourth-order valence-corrected chi connectivity index (χ4v) is 3.23. The molecule has 0 radical (unpaired) electrons. The second-order valence-electron chi connectivity index (χ2n) is 7.31. The van der Waals surface area contributed by atoms with Crippen molar-refractivity contribution in [3.8, 4) is 0 Å². The van der Waals surface area contributed by atoms with Gasteiger partial charge in [-0.15, -0.1) is 0 Å². The number of thioether (sulfide) groups is 1. The molecule has 0 saturated carbocycles. The van der Waals surface area contributed by atoms with Crippen LogP contribution in [0.1, 0.15) is 25.0 Å². The average Bonchev–Trinajstić information content (AvgIpc) is 3.30. The molecule has 0 aromatic carbocycles. The summed E-state index contributed by atoms with van der Waals surface area (Å²) in [5.41, 5.74) is 6.36. The van der Waals surface area contributed by atoms with Crippen LogP contribution in [0.3, 0.4) is 0 Å². The van der Waals surface area contributed by atoms with E-state index in [1.165, 1.54) is 24.3 Å². The maximum absolute atomic E-state index is 12.9. The van der Waals surface area contributed by atoms with Crippen LogP contribution in [0.2, 0.25) is 0 Å². The Morgan fingerprint density at radius 2 is 1.65 bits per heavy atom. The molecule has 0 aliphatic heterocycles. The molecule has 1 heterocycles.